The molecule has 142 valence electrons. The van der Waals surface area contributed by atoms with Crippen LogP contribution < -0.4 is 0 Å². The number of likely N-dealkylation sites (tertiary alicyclic amines) is 1. The van der Waals surface area contributed by atoms with Gasteiger partial charge in [0.05, 0.1) is 13.2 Å². The molecule has 2 heterocycles. The van der Waals surface area contributed by atoms with E-state index < -0.39 is 0 Å². The first-order chi connectivity index (χ1) is 12.6. The van der Waals surface area contributed by atoms with Crippen molar-refractivity contribution >= 4 is 5.91 Å². The second-order valence-corrected chi connectivity index (χ2v) is 8.71. The van der Waals surface area contributed by atoms with Crippen LogP contribution in [-0.4, -0.2) is 60.6 Å². The summed E-state index contributed by atoms with van der Waals surface area (Å²) in [6.45, 7) is 7.76. The van der Waals surface area contributed by atoms with Crippen LogP contribution in [0.2, 0.25) is 0 Å². The Morgan fingerprint density at radius 1 is 1.04 bits per heavy atom. The molecule has 0 spiro atoms. The number of benzene rings is 1. The fraction of sp³-hybridized carbons (Fsp3) is 0.682. The number of carbonyl (C=O) groups excluding carboxylic acids is 1. The van der Waals surface area contributed by atoms with Crippen molar-refractivity contribution in [3.8, 4) is 0 Å². The molecule has 1 atom stereocenters. The fourth-order valence-corrected chi connectivity index (χ4v) is 5.35. The molecule has 0 N–H and O–H groups in total. The van der Waals surface area contributed by atoms with E-state index in [0.29, 0.717) is 12.3 Å². The lowest BCUT2D eigenvalue weighted by atomic mass is 9.75. The third-order valence-electron chi connectivity index (χ3n) is 6.96. The summed E-state index contributed by atoms with van der Waals surface area (Å²) in [5.74, 6) is 0.345. The van der Waals surface area contributed by atoms with Gasteiger partial charge >= 0.3 is 0 Å². The Morgan fingerprint density at radius 3 is 2.42 bits per heavy atom. The predicted octanol–water partition coefficient (Wildman–Crippen LogP) is 3.21. The third kappa shape index (κ3) is 3.41. The van der Waals surface area contributed by atoms with E-state index in [9.17, 15) is 4.79 Å². The standard InChI is InChI=1S/C22H32N2O2/c1-21(19-7-3-2-4-8-19)12-9-20(25)23(17-21)18-22(10-5-6-11-22)24-13-15-26-16-14-24/h2-4,7-8H,5-6,9-18H2,1H3/t21-/m1/s1. The maximum Gasteiger partial charge on any atom is 0.222 e. The minimum Gasteiger partial charge on any atom is -0.379 e. The minimum atomic E-state index is 0.0694. The maximum absolute atomic E-state index is 12.8. The quantitative estimate of drug-likeness (QED) is 0.830. The van der Waals surface area contributed by atoms with E-state index in [2.05, 4.69) is 47.1 Å². The summed E-state index contributed by atoms with van der Waals surface area (Å²) >= 11 is 0. The molecule has 1 aromatic rings. The summed E-state index contributed by atoms with van der Waals surface area (Å²) < 4.78 is 5.58. The number of hydrogen-bond acceptors (Lipinski definition) is 3. The number of nitrogens with zero attached hydrogens (tertiary/aromatic N) is 2. The zero-order chi connectivity index (χ0) is 18.0. The van der Waals surface area contributed by atoms with Gasteiger partial charge in [0.15, 0.2) is 0 Å². The van der Waals surface area contributed by atoms with Crippen LogP contribution >= 0.6 is 0 Å². The monoisotopic (exact) mass is 356 g/mol. The highest BCUT2D eigenvalue weighted by Crippen LogP contribution is 2.40. The van der Waals surface area contributed by atoms with E-state index in [4.69, 9.17) is 4.74 Å². The summed E-state index contributed by atoms with van der Waals surface area (Å²) in [5.41, 5.74) is 1.61. The molecule has 3 fully saturated rings. The van der Waals surface area contributed by atoms with Crippen LogP contribution in [0.15, 0.2) is 30.3 Å². The lowest BCUT2D eigenvalue weighted by molar-refractivity contribution is -0.138. The van der Waals surface area contributed by atoms with Crippen LogP contribution in [0.3, 0.4) is 0 Å². The minimum absolute atomic E-state index is 0.0694. The Morgan fingerprint density at radius 2 is 1.73 bits per heavy atom. The average molecular weight is 357 g/mol. The Kier molecular flexibility index (Phi) is 5.07. The van der Waals surface area contributed by atoms with Gasteiger partial charge in [0.25, 0.3) is 0 Å². The molecular formula is C22H32N2O2. The van der Waals surface area contributed by atoms with Gasteiger partial charge < -0.3 is 9.64 Å². The van der Waals surface area contributed by atoms with Crippen molar-refractivity contribution in [3.63, 3.8) is 0 Å². The molecule has 1 amide bonds. The van der Waals surface area contributed by atoms with Crippen LogP contribution in [0.25, 0.3) is 0 Å². The van der Waals surface area contributed by atoms with E-state index in [1.807, 2.05) is 0 Å². The number of amides is 1. The van der Waals surface area contributed by atoms with Crippen LogP contribution in [-0.2, 0) is 14.9 Å². The van der Waals surface area contributed by atoms with Gasteiger partial charge in [-0.15, -0.1) is 0 Å². The molecule has 2 saturated heterocycles. The van der Waals surface area contributed by atoms with Crippen molar-refractivity contribution in [2.24, 2.45) is 0 Å². The molecule has 0 aromatic heterocycles. The van der Waals surface area contributed by atoms with E-state index >= 15 is 0 Å². The topological polar surface area (TPSA) is 32.8 Å². The van der Waals surface area contributed by atoms with E-state index in [1.54, 1.807) is 0 Å². The van der Waals surface area contributed by atoms with Gasteiger partial charge in [0.2, 0.25) is 5.91 Å². The number of piperidine rings is 1. The molecule has 2 aliphatic heterocycles. The molecular weight excluding hydrogens is 324 g/mol. The van der Waals surface area contributed by atoms with Gasteiger partial charge in [-0.25, -0.2) is 0 Å². The van der Waals surface area contributed by atoms with Crippen molar-refractivity contribution in [2.45, 2.75) is 56.4 Å². The highest BCUT2D eigenvalue weighted by molar-refractivity contribution is 5.77. The van der Waals surface area contributed by atoms with Crippen molar-refractivity contribution in [3.05, 3.63) is 35.9 Å². The average Bonchev–Trinajstić information content (AvgIpc) is 3.16. The highest BCUT2D eigenvalue weighted by Gasteiger charge is 2.45. The summed E-state index contributed by atoms with van der Waals surface area (Å²) in [6.07, 6.45) is 6.64. The molecule has 4 rings (SSSR count). The predicted molar refractivity (Wildman–Crippen MR) is 103 cm³/mol. The van der Waals surface area contributed by atoms with Gasteiger partial charge in [0, 0.05) is 43.6 Å². The summed E-state index contributed by atoms with van der Waals surface area (Å²) in [7, 11) is 0. The highest BCUT2D eigenvalue weighted by atomic mass is 16.5. The lowest BCUT2D eigenvalue weighted by Gasteiger charge is -2.49. The number of carbonyl (C=O) groups is 1. The normalized spacial score (nSPS) is 29.9. The Hall–Kier alpha value is -1.39. The first-order valence-electron chi connectivity index (χ1n) is 10.3. The number of hydrogen-bond donors (Lipinski definition) is 0. The molecule has 1 saturated carbocycles. The van der Waals surface area contributed by atoms with Crippen LogP contribution in [0.5, 0.6) is 0 Å². The van der Waals surface area contributed by atoms with E-state index in [1.165, 1.54) is 31.2 Å². The van der Waals surface area contributed by atoms with Crippen LogP contribution in [0, 0.1) is 0 Å². The molecule has 4 heteroatoms. The van der Waals surface area contributed by atoms with Gasteiger partial charge in [-0.1, -0.05) is 50.1 Å². The Balaban J connectivity index is 1.54. The molecule has 3 aliphatic rings. The van der Waals surface area contributed by atoms with E-state index in [-0.39, 0.29) is 11.0 Å². The Bertz CT molecular complexity index is 620. The molecule has 4 nitrogen and oxygen atoms in total. The summed E-state index contributed by atoms with van der Waals surface area (Å²) in [4.78, 5) is 17.6. The second kappa shape index (κ2) is 7.32. The SMILES string of the molecule is C[C@@]1(c2ccccc2)CCC(=O)N(CC2(N3CCOCC3)CCCC2)C1. The smallest absolute Gasteiger partial charge is 0.222 e. The number of rotatable bonds is 4. The zero-order valence-electron chi connectivity index (χ0n) is 16.1. The zero-order valence-corrected chi connectivity index (χ0v) is 16.1. The molecule has 26 heavy (non-hydrogen) atoms. The first kappa shape index (κ1) is 18.0. The molecule has 0 radical (unpaired) electrons. The molecule has 1 aromatic carbocycles. The largest absolute Gasteiger partial charge is 0.379 e. The number of ether oxygens (including phenoxy) is 1. The first-order valence-corrected chi connectivity index (χ1v) is 10.3. The van der Waals surface area contributed by atoms with Gasteiger partial charge in [-0.3, -0.25) is 9.69 Å². The van der Waals surface area contributed by atoms with Crippen molar-refractivity contribution in [1.82, 2.24) is 9.80 Å². The van der Waals surface area contributed by atoms with Gasteiger partial charge in [-0.05, 0) is 24.8 Å². The molecule has 0 unspecified atom stereocenters. The van der Waals surface area contributed by atoms with Crippen LogP contribution in [0.4, 0.5) is 0 Å². The summed E-state index contributed by atoms with van der Waals surface area (Å²) in [6, 6.07) is 10.8. The third-order valence-corrected chi connectivity index (χ3v) is 6.96. The van der Waals surface area contributed by atoms with E-state index in [0.717, 1.165) is 45.8 Å². The molecule has 1 aliphatic carbocycles. The van der Waals surface area contributed by atoms with Crippen molar-refractivity contribution in [1.29, 1.82) is 0 Å². The molecule has 0 bridgehead atoms. The maximum atomic E-state index is 12.8. The summed E-state index contributed by atoms with van der Waals surface area (Å²) in [5, 5.41) is 0. The van der Waals surface area contributed by atoms with Gasteiger partial charge in [0.1, 0.15) is 0 Å². The lowest BCUT2D eigenvalue weighted by Crippen LogP contribution is -2.60. The number of morpholine rings is 1. The fourth-order valence-electron chi connectivity index (χ4n) is 5.35. The van der Waals surface area contributed by atoms with Gasteiger partial charge in [-0.2, -0.15) is 0 Å². The Labute approximate surface area is 157 Å². The van der Waals surface area contributed by atoms with Crippen molar-refractivity contribution in [2.75, 3.05) is 39.4 Å². The van der Waals surface area contributed by atoms with Crippen LogP contribution in [0.1, 0.15) is 51.0 Å². The second-order valence-electron chi connectivity index (χ2n) is 8.71. The van der Waals surface area contributed by atoms with Crippen molar-refractivity contribution < 1.29 is 9.53 Å².